The second kappa shape index (κ2) is 6.65. The molecule has 136 valence electrons. The second-order valence-electron chi connectivity index (χ2n) is 7.02. The molecule has 2 amide bonds. The molecule has 26 heavy (non-hydrogen) atoms. The van der Waals surface area contributed by atoms with E-state index in [0.29, 0.717) is 16.4 Å². The highest BCUT2D eigenvalue weighted by Gasteiger charge is 2.42. The second-order valence-corrected chi connectivity index (χ2v) is 7.43. The van der Waals surface area contributed by atoms with Crippen molar-refractivity contribution >= 4 is 40.5 Å². The maximum Gasteiger partial charge on any atom is 0.252 e. The van der Waals surface area contributed by atoms with Gasteiger partial charge in [0.25, 0.3) is 5.91 Å². The molecule has 5 nitrogen and oxygen atoms in total. The van der Waals surface area contributed by atoms with Gasteiger partial charge in [0, 0.05) is 10.7 Å². The summed E-state index contributed by atoms with van der Waals surface area (Å²) in [5.74, 6) is -0.419. The summed E-state index contributed by atoms with van der Waals surface area (Å²) in [5, 5.41) is 6.71. The lowest BCUT2D eigenvalue weighted by atomic mass is 9.96. The molecule has 0 aromatic heterocycles. The Morgan fingerprint density at radius 2 is 1.88 bits per heavy atom. The number of fused-ring (bicyclic) bond motifs is 1. The van der Waals surface area contributed by atoms with E-state index < -0.39 is 11.6 Å². The zero-order chi connectivity index (χ0) is 19.1. The van der Waals surface area contributed by atoms with E-state index in [0.717, 1.165) is 11.3 Å². The van der Waals surface area contributed by atoms with Crippen LogP contribution in [0.1, 0.15) is 26.3 Å². The number of nitrogens with zero attached hydrogens (tertiary/aromatic N) is 1. The van der Waals surface area contributed by atoms with Gasteiger partial charge >= 0.3 is 0 Å². The fraction of sp³-hybridized carbons (Fsp3) is 0.300. The molecule has 1 aliphatic rings. The first-order valence-corrected chi connectivity index (χ1v) is 8.87. The fourth-order valence-corrected chi connectivity index (χ4v) is 3.25. The van der Waals surface area contributed by atoms with Gasteiger partial charge in [-0.2, -0.15) is 0 Å². The Morgan fingerprint density at radius 3 is 2.62 bits per heavy atom. The first-order chi connectivity index (χ1) is 12.2. The number of hydrogen-bond acceptors (Lipinski definition) is 3. The summed E-state index contributed by atoms with van der Waals surface area (Å²) in [6.07, 6.45) is 0. The van der Waals surface area contributed by atoms with E-state index in [2.05, 4.69) is 10.6 Å². The van der Waals surface area contributed by atoms with Crippen LogP contribution in [-0.2, 0) is 9.59 Å². The van der Waals surface area contributed by atoms with Crippen LogP contribution < -0.4 is 15.5 Å². The number of halogens is 1. The van der Waals surface area contributed by atoms with Crippen LogP contribution in [-0.4, -0.2) is 23.4 Å². The minimum absolute atomic E-state index is 0.151. The summed E-state index contributed by atoms with van der Waals surface area (Å²) in [6, 6.07) is 12.2. The number of carbonyl (C=O) groups excluding carboxylic acids is 2. The van der Waals surface area contributed by atoms with Crippen molar-refractivity contribution in [1.29, 1.82) is 0 Å². The highest BCUT2D eigenvalue weighted by Crippen LogP contribution is 2.36. The van der Waals surface area contributed by atoms with Crippen LogP contribution in [0, 0.1) is 6.92 Å². The lowest BCUT2D eigenvalue weighted by Gasteiger charge is -2.42. The van der Waals surface area contributed by atoms with Crippen molar-refractivity contribution < 1.29 is 9.59 Å². The molecule has 2 N–H and O–H groups in total. The first-order valence-electron chi connectivity index (χ1n) is 8.49. The van der Waals surface area contributed by atoms with Crippen molar-refractivity contribution in [2.45, 2.75) is 39.3 Å². The van der Waals surface area contributed by atoms with E-state index in [1.165, 1.54) is 0 Å². The highest BCUT2D eigenvalue weighted by molar-refractivity contribution is 6.31. The SMILES string of the molecule is Cc1c(Cl)cccc1NC(=O)C(C)N1C(=O)C(C)(C)Nc2ccccc21. The Morgan fingerprint density at radius 1 is 1.19 bits per heavy atom. The average Bonchev–Trinajstić information content (AvgIpc) is 2.59. The maximum absolute atomic E-state index is 13.0. The minimum atomic E-state index is -0.797. The molecule has 1 aliphatic heterocycles. The van der Waals surface area contributed by atoms with Crippen LogP contribution >= 0.6 is 11.6 Å². The summed E-state index contributed by atoms with van der Waals surface area (Å²) in [5.41, 5.74) is 2.17. The molecule has 0 fully saturated rings. The molecule has 1 heterocycles. The smallest absolute Gasteiger partial charge is 0.252 e. The monoisotopic (exact) mass is 371 g/mol. The Bertz CT molecular complexity index is 879. The number of carbonyl (C=O) groups is 2. The third-order valence-electron chi connectivity index (χ3n) is 4.66. The van der Waals surface area contributed by atoms with E-state index in [-0.39, 0.29) is 11.8 Å². The Labute approximate surface area is 158 Å². The van der Waals surface area contributed by atoms with Gasteiger partial charge < -0.3 is 10.6 Å². The van der Waals surface area contributed by atoms with Crippen molar-refractivity contribution in [2.75, 3.05) is 15.5 Å². The van der Waals surface area contributed by atoms with Crippen LogP contribution in [0.25, 0.3) is 0 Å². The number of amides is 2. The van der Waals surface area contributed by atoms with Crippen LogP contribution in [0.5, 0.6) is 0 Å². The zero-order valence-electron chi connectivity index (χ0n) is 15.3. The fourth-order valence-electron chi connectivity index (χ4n) is 3.07. The van der Waals surface area contributed by atoms with Gasteiger partial charge in [-0.25, -0.2) is 0 Å². The number of anilines is 3. The highest BCUT2D eigenvalue weighted by atomic mass is 35.5. The molecule has 0 saturated heterocycles. The number of para-hydroxylation sites is 2. The van der Waals surface area contributed by atoms with E-state index in [9.17, 15) is 9.59 Å². The predicted octanol–water partition coefficient (Wildman–Crippen LogP) is 4.21. The molecule has 0 spiro atoms. The summed E-state index contributed by atoms with van der Waals surface area (Å²) in [7, 11) is 0. The summed E-state index contributed by atoms with van der Waals surface area (Å²) in [6.45, 7) is 7.19. The third-order valence-corrected chi connectivity index (χ3v) is 5.07. The van der Waals surface area contributed by atoms with Gasteiger partial charge in [-0.3, -0.25) is 14.5 Å². The number of benzene rings is 2. The van der Waals surface area contributed by atoms with Crippen molar-refractivity contribution in [3.63, 3.8) is 0 Å². The molecule has 6 heteroatoms. The van der Waals surface area contributed by atoms with E-state index in [4.69, 9.17) is 11.6 Å². The van der Waals surface area contributed by atoms with Gasteiger partial charge in [-0.05, 0) is 57.5 Å². The molecule has 1 unspecified atom stereocenters. The largest absolute Gasteiger partial charge is 0.370 e. The van der Waals surface area contributed by atoms with Crippen LogP contribution in [0.15, 0.2) is 42.5 Å². The van der Waals surface area contributed by atoms with E-state index in [1.54, 1.807) is 30.0 Å². The molecule has 2 aromatic rings. The Kier molecular flexibility index (Phi) is 4.67. The first kappa shape index (κ1) is 18.3. The molecule has 3 rings (SSSR count). The molecule has 0 radical (unpaired) electrons. The van der Waals surface area contributed by atoms with Gasteiger partial charge in [-0.15, -0.1) is 0 Å². The van der Waals surface area contributed by atoms with Gasteiger partial charge in [-0.1, -0.05) is 29.8 Å². The summed E-state index contributed by atoms with van der Waals surface area (Å²) >= 11 is 6.13. The van der Waals surface area contributed by atoms with Gasteiger partial charge in [0.1, 0.15) is 11.6 Å². The Balaban J connectivity index is 1.93. The standard InChI is InChI=1S/C20H22ClN3O2/c1-12-14(21)8-7-10-15(12)22-18(25)13(2)24-17-11-6-5-9-16(17)23-20(3,4)19(24)26/h5-11,13,23H,1-4H3,(H,22,25). The summed E-state index contributed by atoms with van der Waals surface area (Å²) in [4.78, 5) is 27.4. The third kappa shape index (κ3) is 3.15. The van der Waals surface area contributed by atoms with Crippen LogP contribution in [0.4, 0.5) is 17.1 Å². The molecule has 0 aliphatic carbocycles. The van der Waals surface area contributed by atoms with Crippen LogP contribution in [0.3, 0.4) is 0 Å². The number of nitrogens with one attached hydrogen (secondary N) is 2. The molecular formula is C20H22ClN3O2. The maximum atomic E-state index is 13.0. The zero-order valence-corrected chi connectivity index (χ0v) is 16.0. The van der Waals surface area contributed by atoms with Gasteiger partial charge in [0.15, 0.2) is 0 Å². The summed E-state index contributed by atoms with van der Waals surface area (Å²) < 4.78 is 0. The quantitative estimate of drug-likeness (QED) is 0.849. The topological polar surface area (TPSA) is 61.4 Å². The predicted molar refractivity (Wildman–Crippen MR) is 106 cm³/mol. The molecule has 0 bridgehead atoms. The molecule has 2 aromatic carbocycles. The average molecular weight is 372 g/mol. The molecular weight excluding hydrogens is 350 g/mol. The van der Waals surface area contributed by atoms with Crippen molar-refractivity contribution in [1.82, 2.24) is 0 Å². The van der Waals surface area contributed by atoms with Gasteiger partial charge in [0.05, 0.1) is 11.4 Å². The molecule has 0 saturated carbocycles. The van der Waals surface area contributed by atoms with Crippen LogP contribution in [0.2, 0.25) is 5.02 Å². The van der Waals surface area contributed by atoms with E-state index in [1.807, 2.05) is 45.0 Å². The lowest BCUT2D eigenvalue weighted by Crippen LogP contribution is -2.58. The minimum Gasteiger partial charge on any atom is -0.370 e. The van der Waals surface area contributed by atoms with Crippen molar-refractivity contribution in [3.8, 4) is 0 Å². The lowest BCUT2D eigenvalue weighted by molar-refractivity contribution is -0.125. The Hall–Kier alpha value is -2.53. The van der Waals surface area contributed by atoms with Crippen molar-refractivity contribution in [3.05, 3.63) is 53.1 Å². The number of hydrogen-bond donors (Lipinski definition) is 2. The molecule has 1 atom stereocenters. The number of rotatable bonds is 3. The van der Waals surface area contributed by atoms with Gasteiger partial charge in [0.2, 0.25) is 5.91 Å². The normalized spacial score (nSPS) is 16.5. The van der Waals surface area contributed by atoms with Crippen molar-refractivity contribution in [2.24, 2.45) is 0 Å². The van der Waals surface area contributed by atoms with E-state index >= 15 is 0 Å².